The lowest BCUT2D eigenvalue weighted by Gasteiger charge is -2.20. The zero-order valence-corrected chi connectivity index (χ0v) is 12.0. The molecule has 1 aliphatic rings. The Labute approximate surface area is 127 Å². The molecule has 0 radical (unpaired) electrons. The monoisotopic (exact) mass is 292 g/mol. The molecule has 110 valence electrons. The van der Waals surface area contributed by atoms with E-state index in [4.69, 9.17) is 0 Å². The number of carbonyl (C=O) groups excluding carboxylic acids is 1. The van der Waals surface area contributed by atoms with E-state index in [0.717, 1.165) is 47.2 Å². The molecule has 0 spiro atoms. The van der Waals surface area contributed by atoms with E-state index in [-0.39, 0.29) is 11.8 Å². The average molecular weight is 292 g/mol. The maximum atomic E-state index is 12.5. The Balaban J connectivity index is 1.51. The van der Waals surface area contributed by atoms with Crippen molar-refractivity contribution in [3.8, 4) is 0 Å². The number of anilines is 1. The molecule has 1 atom stereocenters. The second kappa shape index (κ2) is 5.26. The third kappa shape index (κ3) is 2.35. The van der Waals surface area contributed by atoms with Crippen LogP contribution in [0.1, 0.15) is 17.8 Å². The molecule has 0 fully saturated rings. The highest BCUT2D eigenvalue weighted by molar-refractivity contribution is 5.94. The van der Waals surface area contributed by atoms with E-state index in [1.807, 2.05) is 30.3 Å². The minimum absolute atomic E-state index is 0.0144. The number of aryl methyl sites for hydroxylation is 1. The van der Waals surface area contributed by atoms with Gasteiger partial charge in [0.1, 0.15) is 0 Å². The quantitative estimate of drug-likeness (QED) is 0.763. The van der Waals surface area contributed by atoms with Gasteiger partial charge in [0.05, 0.1) is 29.4 Å². The van der Waals surface area contributed by atoms with Crippen LogP contribution in [-0.4, -0.2) is 20.9 Å². The summed E-state index contributed by atoms with van der Waals surface area (Å²) in [5.41, 5.74) is 3.86. The van der Waals surface area contributed by atoms with E-state index in [1.54, 1.807) is 12.5 Å². The average Bonchev–Trinajstić information content (AvgIpc) is 3.02. The van der Waals surface area contributed by atoms with E-state index in [0.29, 0.717) is 0 Å². The number of aromatic amines is 1. The van der Waals surface area contributed by atoms with Gasteiger partial charge >= 0.3 is 0 Å². The van der Waals surface area contributed by atoms with Crippen LogP contribution in [0.5, 0.6) is 0 Å². The fourth-order valence-electron chi connectivity index (χ4n) is 3.01. The summed E-state index contributed by atoms with van der Waals surface area (Å²) in [6.07, 6.45) is 5.84. The first-order chi connectivity index (χ1) is 10.8. The van der Waals surface area contributed by atoms with Gasteiger partial charge in [-0.25, -0.2) is 4.98 Å². The standard InChI is InChI=1S/C17H16N4O/c22-17(12-5-6-15-16(8-12)20-10-19-15)21-13-7-11-3-1-2-4-14(11)18-9-13/h1-4,7,9-10,12H,5-6,8H2,(H,19,20)(H,21,22). The van der Waals surface area contributed by atoms with Crippen molar-refractivity contribution in [3.63, 3.8) is 0 Å². The van der Waals surface area contributed by atoms with Crippen molar-refractivity contribution in [2.75, 3.05) is 5.32 Å². The molecule has 3 aromatic rings. The van der Waals surface area contributed by atoms with Crippen LogP contribution < -0.4 is 5.32 Å². The Morgan fingerprint density at radius 2 is 2.18 bits per heavy atom. The highest BCUT2D eigenvalue weighted by Crippen LogP contribution is 2.24. The van der Waals surface area contributed by atoms with Gasteiger partial charge in [0.15, 0.2) is 0 Å². The van der Waals surface area contributed by atoms with Gasteiger partial charge in [0, 0.05) is 23.4 Å². The minimum Gasteiger partial charge on any atom is -0.348 e. The highest BCUT2D eigenvalue weighted by atomic mass is 16.1. The van der Waals surface area contributed by atoms with Crippen molar-refractivity contribution in [2.24, 2.45) is 5.92 Å². The molecule has 0 saturated heterocycles. The molecule has 5 nitrogen and oxygen atoms in total. The zero-order chi connectivity index (χ0) is 14.9. The second-order valence-corrected chi connectivity index (χ2v) is 5.67. The fraction of sp³-hybridized carbons (Fsp3) is 0.235. The lowest BCUT2D eigenvalue weighted by Crippen LogP contribution is -2.28. The molecule has 0 bridgehead atoms. The van der Waals surface area contributed by atoms with Crippen LogP contribution in [0.25, 0.3) is 10.9 Å². The van der Waals surface area contributed by atoms with E-state index in [9.17, 15) is 4.79 Å². The molecule has 22 heavy (non-hydrogen) atoms. The molecule has 4 rings (SSSR count). The topological polar surface area (TPSA) is 70.7 Å². The molecule has 5 heteroatoms. The summed E-state index contributed by atoms with van der Waals surface area (Å²) in [6.45, 7) is 0. The van der Waals surface area contributed by atoms with Crippen LogP contribution in [0.3, 0.4) is 0 Å². The number of imidazole rings is 1. The van der Waals surface area contributed by atoms with Crippen molar-refractivity contribution in [3.05, 3.63) is 54.2 Å². The lowest BCUT2D eigenvalue weighted by molar-refractivity contribution is -0.120. The predicted octanol–water partition coefficient (Wildman–Crippen LogP) is 2.70. The van der Waals surface area contributed by atoms with Gasteiger partial charge < -0.3 is 10.3 Å². The van der Waals surface area contributed by atoms with Gasteiger partial charge in [0.25, 0.3) is 0 Å². The molecule has 2 heterocycles. The Bertz CT molecular complexity index is 839. The maximum Gasteiger partial charge on any atom is 0.227 e. The van der Waals surface area contributed by atoms with E-state index < -0.39 is 0 Å². The largest absolute Gasteiger partial charge is 0.348 e. The van der Waals surface area contributed by atoms with E-state index in [2.05, 4.69) is 20.3 Å². The van der Waals surface area contributed by atoms with Crippen LogP contribution in [0.2, 0.25) is 0 Å². The number of rotatable bonds is 2. The number of carbonyl (C=O) groups is 1. The first-order valence-corrected chi connectivity index (χ1v) is 7.46. The summed E-state index contributed by atoms with van der Waals surface area (Å²) >= 11 is 0. The smallest absolute Gasteiger partial charge is 0.227 e. The lowest BCUT2D eigenvalue weighted by atomic mass is 9.89. The molecule has 1 unspecified atom stereocenters. The molecule has 1 aliphatic carbocycles. The van der Waals surface area contributed by atoms with Crippen LogP contribution in [0, 0.1) is 5.92 Å². The molecule has 1 aromatic carbocycles. The van der Waals surface area contributed by atoms with Gasteiger partial charge in [-0.3, -0.25) is 9.78 Å². The molecule has 2 N–H and O–H groups in total. The number of fused-ring (bicyclic) bond motifs is 2. The van der Waals surface area contributed by atoms with E-state index in [1.165, 1.54) is 0 Å². The first-order valence-electron chi connectivity index (χ1n) is 7.46. The Morgan fingerprint density at radius 3 is 3.14 bits per heavy atom. The van der Waals surface area contributed by atoms with Crippen molar-refractivity contribution >= 4 is 22.5 Å². The van der Waals surface area contributed by atoms with Crippen molar-refractivity contribution in [1.29, 1.82) is 0 Å². The molecule has 1 amide bonds. The summed E-state index contributed by atoms with van der Waals surface area (Å²) < 4.78 is 0. The number of nitrogens with one attached hydrogen (secondary N) is 2. The molecule has 0 aliphatic heterocycles. The number of aromatic nitrogens is 3. The van der Waals surface area contributed by atoms with Crippen molar-refractivity contribution in [1.82, 2.24) is 15.0 Å². The maximum absolute atomic E-state index is 12.5. The summed E-state index contributed by atoms with van der Waals surface area (Å²) in [6, 6.07) is 9.84. The fourth-order valence-corrected chi connectivity index (χ4v) is 3.01. The molecular formula is C17H16N4O. The zero-order valence-electron chi connectivity index (χ0n) is 12.0. The number of pyridine rings is 1. The summed E-state index contributed by atoms with van der Waals surface area (Å²) in [4.78, 5) is 24.2. The number of nitrogens with zero attached hydrogens (tertiary/aromatic N) is 2. The van der Waals surface area contributed by atoms with Gasteiger partial charge in [-0.05, 0) is 25.0 Å². The minimum atomic E-state index is -0.0144. The third-order valence-corrected chi connectivity index (χ3v) is 4.22. The number of amides is 1. The van der Waals surface area contributed by atoms with E-state index >= 15 is 0 Å². The number of H-pyrrole nitrogens is 1. The normalized spacial score (nSPS) is 17.2. The SMILES string of the molecule is O=C(Nc1cnc2ccccc2c1)C1CCc2nc[nH]c2C1. The Hall–Kier alpha value is -2.69. The molecule has 2 aromatic heterocycles. The Morgan fingerprint density at radius 1 is 1.27 bits per heavy atom. The van der Waals surface area contributed by atoms with Crippen LogP contribution in [0.15, 0.2) is 42.9 Å². The third-order valence-electron chi connectivity index (χ3n) is 4.22. The summed E-state index contributed by atoms with van der Waals surface area (Å²) in [7, 11) is 0. The summed E-state index contributed by atoms with van der Waals surface area (Å²) in [5.74, 6) is 0.0387. The first kappa shape index (κ1) is 13.0. The number of benzene rings is 1. The molecule has 0 saturated carbocycles. The van der Waals surface area contributed by atoms with Gasteiger partial charge in [-0.15, -0.1) is 0 Å². The highest BCUT2D eigenvalue weighted by Gasteiger charge is 2.26. The molecular weight excluding hydrogens is 276 g/mol. The number of para-hydroxylation sites is 1. The number of hydrogen-bond acceptors (Lipinski definition) is 3. The van der Waals surface area contributed by atoms with Crippen LogP contribution in [0.4, 0.5) is 5.69 Å². The van der Waals surface area contributed by atoms with Gasteiger partial charge in [-0.2, -0.15) is 0 Å². The Kier molecular flexibility index (Phi) is 3.11. The van der Waals surface area contributed by atoms with Gasteiger partial charge in [-0.1, -0.05) is 18.2 Å². The van der Waals surface area contributed by atoms with Gasteiger partial charge in [0.2, 0.25) is 5.91 Å². The van der Waals surface area contributed by atoms with Crippen LogP contribution in [-0.2, 0) is 17.6 Å². The second-order valence-electron chi connectivity index (χ2n) is 5.67. The predicted molar refractivity (Wildman–Crippen MR) is 84.5 cm³/mol. The van der Waals surface area contributed by atoms with Crippen molar-refractivity contribution < 1.29 is 4.79 Å². The van der Waals surface area contributed by atoms with Crippen molar-refractivity contribution in [2.45, 2.75) is 19.3 Å². The number of hydrogen-bond donors (Lipinski definition) is 2. The van der Waals surface area contributed by atoms with Crippen LogP contribution >= 0.6 is 0 Å². The summed E-state index contributed by atoms with van der Waals surface area (Å²) in [5, 5.41) is 4.02.